The van der Waals surface area contributed by atoms with Gasteiger partial charge in [-0.15, -0.1) is 0 Å². The first-order chi connectivity index (χ1) is 13.5. The lowest BCUT2D eigenvalue weighted by Crippen LogP contribution is -2.87. The number of carbonyl (C=O) groups is 1. The van der Waals surface area contributed by atoms with Crippen molar-refractivity contribution in [3.63, 3.8) is 0 Å². The first-order valence-corrected chi connectivity index (χ1v) is 10.8. The number of hydrogen-bond acceptors (Lipinski definition) is 4. The number of piperazine rings is 1. The fourth-order valence-electron chi connectivity index (χ4n) is 3.08. The number of nitrogens with zero attached hydrogens (tertiary/aromatic N) is 2. The zero-order chi connectivity index (χ0) is 20.0. The zero-order valence-electron chi connectivity index (χ0n) is 15.9. The highest BCUT2D eigenvalue weighted by molar-refractivity contribution is 7.92. The molecular formula is C20H26N3O4S+. The number of rotatable bonds is 7. The maximum Gasteiger partial charge on any atom is 0.277 e. The van der Waals surface area contributed by atoms with Crippen LogP contribution in [-0.4, -0.2) is 56.3 Å². The van der Waals surface area contributed by atoms with Gasteiger partial charge in [-0.05, 0) is 30.7 Å². The van der Waals surface area contributed by atoms with Crippen molar-refractivity contribution in [2.75, 3.05) is 32.7 Å². The van der Waals surface area contributed by atoms with Gasteiger partial charge >= 0.3 is 0 Å². The van der Waals surface area contributed by atoms with Gasteiger partial charge in [0.05, 0.1) is 6.26 Å². The number of amides is 1. The van der Waals surface area contributed by atoms with E-state index in [1.165, 1.54) is 9.71 Å². The molecule has 0 aliphatic carbocycles. The highest BCUT2D eigenvalue weighted by Crippen LogP contribution is 2.12. The standard InChI is InChI=1S/C20H25N3O4S/c1-17(19-8-5-14-27-19)21-16-20(24)22-10-12-23(13-11-22)28(25,26)15-9-18-6-3-2-4-7-18/h2-9,14-15,17,21H,10-13,16H2,1H3/p+1/b15-9+/t17-/m1/s1. The SMILES string of the molecule is C[C@@H]([NH2+]CC(=O)N1CCN(S(=O)(=O)/C=C/c2ccccc2)CC1)c1ccco1. The van der Waals surface area contributed by atoms with Crippen LogP contribution in [0.15, 0.2) is 58.6 Å². The monoisotopic (exact) mass is 404 g/mol. The third-order valence-electron chi connectivity index (χ3n) is 4.82. The van der Waals surface area contributed by atoms with E-state index in [0.29, 0.717) is 32.7 Å². The molecule has 3 rings (SSSR count). The second-order valence-electron chi connectivity index (χ2n) is 6.78. The van der Waals surface area contributed by atoms with E-state index in [1.807, 2.05) is 54.7 Å². The fraction of sp³-hybridized carbons (Fsp3) is 0.350. The van der Waals surface area contributed by atoms with Crippen LogP contribution in [0.4, 0.5) is 0 Å². The minimum Gasteiger partial charge on any atom is -0.463 e. The second-order valence-corrected chi connectivity index (χ2v) is 8.60. The number of carbonyl (C=O) groups excluding carboxylic acids is 1. The third kappa shape index (κ3) is 5.31. The lowest BCUT2D eigenvalue weighted by atomic mass is 10.2. The number of sulfonamides is 1. The topological polar surface area (TPSA) is 87.4 Å². The summed E-state index contributed by atoms with van der Waals surface area (Å²) in [4.78, 5) is 14.1. The van der Waals surface area contributed by atoms with Crippen molar-refractivity contribution in [2.24, 2.45) is 0 Å². The Bertz CT molecular complexity index is 887. The van der Waals surface area contributed by atoms with E-state index >= 15 is 0 Å². The van der Waals surface area contributed by atoms with Crippen LogP contribution in [0, 0.1) is 0 Å². The van der Waals surface area contributed by atoms with Crippen LogP contribution in [0.5, 0.6) is 0 Å². The van der Waals surface area contributed by atoms with Gasteiger partial charge in [0, 0.05) is 31.6 Å². The lowest BCUT2D eigenvalue weighted by Gasteiger charge is -2.33. The van der Waals surface area contributed by atoms with E-state index in [1.54, 1.807) is 17.2 Å². The molecule has 0 spiro atoms. The number of hydrogen-bond donors (Lipinski definition) is 1. The van der Waals surface area contributed by atoms with E-state index in [-0.39, 0.29) is 11.9 Å². The predicted octanol–water partition coefficient (Wildman–Crippen LogP) is 1.05. The average molecular weight is 405 g/mol. The molecule has 0 unspecified atom stereocenters. The van der Waals surface area contributed by atoms with Crippen LogP contribution in [0.2, 0.25) is 0 Å². The highest BCUT2D eigenvalue weighted by Gasteiger charge is 2.28. The summed E-state index contributed by atoms with van der Waals surface area (Å²) in [5.41, 5.74) is 0.834. The largest absolute Gasteiger partial charge is 0.463 e. The van der Waals surface area contributed by atoms with Crippen molar-refractivity contribution in [1.29, 1.82) is 0 Å². The summed E-state index contributed by atoms with van der Waals surface area (Å²) in [5, 5.41) is 3.16. The molecular weight excluding hydrogens is 378 g/mol. The van der Waals surface area contributed by atoms with Gasteiger partial charge in [0.15, 0.2) is 12.3 Å². The van der Waals surface area contributed by atoms with Gasteiger partial charge in [-0.25, -0.2) is 8.42 Å². The molecule has 2 N–H and O–H groups in total. The molecule has 28 heavy (non-hydrogen) atoms. The molecule has 1 aliphatic rings. The Morgan fingerprint density at radius 1 is 1.14 bits per heavy atom. The molecule has 2 aromatic rings. The van der Waals surface area contributed by atoms with Crippen LogP contribution in [0.3, 0.4) is 0 Å². The molecule has 7 nitrogen and oxygen atoms in total. The molecule has 8 heteroatoms. The molecule has 1 saturated heterocycles. The van der Waals surface area contributed by atoms with E-state index in [2.05, 4.69) is 0 Å². The van der Waals surface area contributed by atoms with Crippen molar-refractivity contribution >= 4 is 22.0 Å². The molecule has 2 heterocycles. The fourth-order valence-corrected chi connectivity index (χ4v) is 4.25. The Hall–Kier alpha value is -2.42. The predicted molar refractivity (Wildman–Crippen MR) is 106 cm³/mol. The smallest absolute Gasteiger partial charge is 0.277 e. The first-order valence-electron chi connectivity index (χ1n) is 9.33. The van der Waals surface area contributed by atoms with Gasteiger partial charge in [-0.1, -0.05) is 30.3 Å². The zero-order valence-corrected chi connectivity index (χ0v) is 16.7. The Balaban J connectivity index is 1.48. The van der Waals surface area contributed by atoms with Crippen LogP contribution < -0.4 is 5.32 Å². The van der Waals surface area contributed by atoms with E-state index in [9.17, 15) is 13.2 Å². The molecule has 1 aliphatic heterocycles. The molecule has 1 atom stereocenters. The minimum absolute atomic E-state index is 0.00952. The Morgan fingerprint density at radius 3 is 2.50 bits per heavy atom. The Morgan fingerprint density at radius 2 is 1.86 bits per heavy atom. The van der Waals surface area contributed by atoms with Gasteiger partial charge < -0.3 is 14.6 Å². The van der Waals surface area contributed by atoms with Crippen molar-refractivity contribution < 1.29 is 22.9 Å². The molecule has 1 amide bonds. The normalized spacial score (nSPS) is 17.1. The second kappa shape index (κ2) is 9.18. The molecule has 0 radical (unpaired) electrons. The van der Waals surface area contributed by atoms with Crippen LogP contribution in [0.1, 0.15) is 24.3 Å². The summed E-state index contributed by atoms with van der Waals surface area (Å²) >= 11 is 0. The summed E-state index contributed by atoms with van der Waals surface area (Å²) in [7, 11) is -3.49. The van der Waals surface area contributed by atoms with Gasteiger partial charge in [0.2, 0.25) is 10.0 Å². The van der Waals surface area contributed by atoms with Crippen molar-refractivity contribution in [3.05, 3.63) is 65.5 Å². The van der Waals surface area contributed by atoms with Gasteiger partial charge in [-0.2, -0.15) is 4.31 Å². The summed E-state index contributed by atoms with van der Waals surface area (Å²) in [6, 6.07) is 13.1. The molecule has 0 saturated carbocycles. The Kier molecular flexibility index (Phi) is 6.66. The van der Waals surface area contributed by atoms with Gasteiger partial charge in [-0.3, -0.25) is 4.79 Å². The van der Waals surface area contributed by atoms with Crippen LogP contribution in [-0.2, 0) is 14.8 Å². The highest BCUT2D eigenvalue weighted by atomic mass is 32.2. The lowest BCUT2D eigenvalue weighted by molar-refractivity contribution is -0.685. The average Bonchev–Trinajstić information content (AvgIpc) is 3.26. The van der Waals surface area contributed by atoms with Gasteiger partial charge in [0.25, 0.3) is 5.91 Å². The summed E-state index contributed by atoms with van der Waals surface area (Å²) in [6.07, 6.45) is 3.21. The minimum atomic E-state index is -3.49. The maximum atomic E-state index is 12.5. The molecule has 1 aromatic carbocycles. The van der Waals surface area contributed by atoms with Gasteiger partial charge in [0.1, 0.15) is 6.04 Å². The van der Waals surface area contributed by atoms with Crippen molar-refractivity contribution in [3.8, 4) is 0 Å². The molecule has 150 valence electrons. The summed E-state index contributed by atoms with van der Waals surface area (Å²) < 4.78 is 31.8. The number of nitrogens with two attached hydrogens (primary N) is 1. The van der Waals surface area contributed by atoms with E-state index in [0.717, 1.165) is 11.3 Å². The van der Waals surface area contributed by atoms with Crippen molar-refractivity contribution in [2.45, 2.75) is 13.0 Å². The Labute approximate surface area is 165 Å². The van der Waals surface area contributed by atoms with Crippen molar-refractivity contribution in [1.82, 2.24) is 9.21 Å². The quantitative estimate of drug-likeness (QED) is 0.747. The number of benzene rings is 1. The molecule has 0 bridgehead atoms. The molecule has 1 aromatic heterocycles. The van der Waals surface area contributed by atoms with E-state index in [4.69, 9.17) is 4.42 Å². The maximum absolute atomic E-state index is 12.5. The summed E-state index contributed by atoms with van der Waals surface area (Å²) in [5.74, 6) is 0.837. The summed E-state index contributed by atoms with van der Waals surface area (Å²) in [6.45, 7) is 3.71. The number of quaternary nitrogens is 1. The molecule has 1 fully saturated rings. The van der Waals surface area contributed by atoms with E-state index < -0.39 is 10.0 Å². The first kappa shape index (κ1) is 20.3. The third-order valence-corrected chi connectivity index (χ3v) is 6.39. The van der Waals surface area contributed by atoms with Crippen LogP contribution in [0.25, 0.3) is 6.08 Å². The van der Waals surface area contributed by atoms with Crippen LogP contribution >= 0.6 is 0 Å². The number of furan rings is 1.